The lowest BCUT2D eigenvalue weighted by Crippen LogP contribution is -1.82. The first-order valence-electron chi connectivity index (χ1n) is 3.80. The van der Waals surface area contributed by atoms with Crippen LogP contribution in [0.15, 0.2) is 23.7 Å². The van der Waals surface area contributed by atoms with Crippen molar-refractivity contribution in [2.45, 2.75) is 6.92 Å². The number of aryl methyl sites for hydroxylation is 1. The molecule has 0 unspecified atom stereocenters. The van der Waals surface area contributed by atoms with E-state index < -0.39 is 0 Å². The van der Waals surface area contributed by atoms with Gasteiger partial charge in [-0.05, 0) is 19.1 Å². The van der Waals surface area contributed by atoms with Gasteiger partial charge < -0.3 is 0 Å². The van der Waals surface area contributed by atoms with Gasteiger partial charge in [-0.15, -0.1) is 11.3 Å². The van der Waals surface area contributed by atoms with E-state index in [1.54, 1.807) is 17.5 Å². The highest BCUT2D eigenvalue weighted by atomic mass is 35.5. The SMILES string of the molecule is Cc1nc(-c2ccc(Cl)cn2)cs1. The fourth-order valence-corrected chi connectivity index (χ4v) is 1.73. The van der Waals surface area contributed by atoms with Gasteiger partial charge in [0, 0.05) is 11.6 Å². The Balaban J connectivity index is 2.41. The second-order valence-corrected chi connectivity index (χ2v) is 4.11. The van der Waals surface area contributed by atoms with Crippen LogP contribution < -0.4 is 0 Å². The van der Waals surface area contributed by atoms with Gasteiger partial charge >= 0.3 is 0 Å². The Kier molecular flexibility index (Phi) is 2.29. The van der Waals surface area contributed by atoms with Crippen LogP contribution in [0, 0.1) is 6.92 Å². The molecule has 0 saturated carbocycles. The lowest BCUT2D eigenvalue weighted by molar-refractivity contribution is 1.24. The molecule has 4 heteroatoms. The minimum absolute atomic E-state index is 0.649. The average Bonchev–Trinajstić information content (AvgIpc) is 2.53. The number of hydrogen-bond acceptors (Lipinski definition) is 3. The molecule has 0 spiro atoms. The van der Waals surface area contributed by atoms with Crippen molar-refractivity contribution in [3.05, 3.63) is 33.7 Å². The molecule has 0 N–H and O–H groups in total. The molecule has 2 aromatic rings. The molecule has 2 nitrogen and oxygen atoms in total. The van der Waals surface area contributed by atoms with E-state index in [9.17, 15) is 0 Å². The van der Waals surface area contributed by atoms with E-state index in [-0.39, 0.29) is 0 Å². The summed E-state index contributed by atoms with van der Waals surface area (Å²) >= 11 is 7.34. The van der Waals surface area contributed by atoms with Gasteiger partial charge in [0.25, 0.3) is 0 Å². The summed E-state index contributed by atoms with van der Waals surface area (Å²) in [6, 6.07) is 3.69. The third-order valence-corrected chi connectivity index (χ3v) is 2.61. The summed E-state index contributed by atoms with van der Waals surface area (Å²) < 4.78 is 0. The summed E-state index contributed by atoms with van der Waals surface area (Å²) in [5.74, 6) is 0. The Morgan fingerprint density at radius 1 is 1.31 bits per heavy atom. The van der Waals surface area contributed by atoms with E-state index in [2.05, 4.69) is 9.97 Å². The molecule has 0 aromatic carbocycles. The van der Waals surface area contributed by atoms with Crippen LogP contribution in [-0.2, 0) is 0 Å². The smallest absolute Gasteiger partial charge is 0.0998 e. The third kappa shape index (κ3) is 1.87. The van der Waals surface area contributed by atoms with E-state index in [0.29, 0.717) is 5.02 Å². The van der Waals surface area contributed by atoms with Crippen molar-refractivity contribution in [2.24, 2.45) is 0 Å². The zero-order chi connectivity index (χ0) is 9.26. The number of rotatable bonds is 1. The molecule has 0 radical (unpaired) electrons. The molecule has 0 bridgehead atoms. The molecular weight excluding hydrogens is 204 g/mol. The predicted molar refractivity (Wildman–Crippen MR) is 55.1 cm³/mol. The Labute approximate surface area is 85.2 Å². The maximum Gasteiger partial charge on any atom is 0.0998 e. The Morgan fingerprint density at radius 2 is 2.15 bits per heavy atom. The molecule has 2 rings (SSSR count). The zero-order valence-corrected chi connectivity index (χ0v) is 8.56. The second-order valence-electron chi connectivity index (χ2n) is 2.61. The van der Waals surface area contributed by atoms with Crippen molar-refractivity contribution >= 4 is 22.9 Å². The number of aromatic nitrogens is 2. The van der Waals surface area contributed by atoms with Crippen LogP contribution in [0.4, 0.5) is 0 Å². The molecule has 0 amide bonds. The minimum Gasteiger partial charge on any atom is -0.253 e. The van der Waals surface area contributed by atoms with Crippen LogP contribution in [-0.4, -0.2) is 9.97 Å². The van der Waals surface area contributed by atoms with E-state index in [1.165, 1.54) is 0 Å². The van der Waals surface area contributed by atoms with E-state index in [4.69, 9.17) is 11.6 Å². The van der Waals surface area contributed by atoms with Crippen molar-refractivity contribution in [2.75, 3.05) is 0 Å². The van der Waals surface area contributed by atoms with E-state index in [0.717, 1.165) is 16.4 Å². The fourth-order valence-electron chi connectivity index (χ4n) is 1.01. The maximum atomic E-state index is 5.72. The van der Waals surface area contributed by atoms with Gasteiger partial charge in [-0.2, -0.15) is 0 Å². The molecule has 0 aliphatic heterocycles. The molecule has 0 atom stereocenters. The highest BCUT2D eigenvalue weighted by molar-refractivity contribution is 7.09. The number of thiazole rings is 1. The van der Waals surface area contributed by atoms with Crippen LogP contribution in [0.1, 0.15) is 5.01 Å². The van der Waals surface area contributed by atoms with Crippen LogP contribution >= 0.6 is 22.9 Å². The van der Waals surface area contributed by atoms with Crippen LogP contribution in [0.3, 0.4) is 0 Å². The molecule has 0 aliphatic rings. The summed E-state index contributed by atoms with van der Waals surface area (Å²) in [7, 11) is 0. The molecule has 2 heterocycles. The number of hydrogen-bond donors (Lipinski definition) is 0. The topological polar surface area (TPSA) is 25.8 Å². The third-order valence-electron chi connectivity index (χ3n) is 1.61. The van der Waals surface area contributed by atoms with Gasteiger partial charge in [0.15, 0.2) is 0 Å². The van der Waals surface area contributed by atoms with Crippen LogP contribution in [0.5, 0.6) is 0 Å². The lowest BCUT2D eigenvalue weighted by atomic mass is 10.3. The lowest BCUT2D eigenvalue weighted by Gasteiger charge is -1.94. The fraction of sp³-hybridized carbons (Fsp3) is 0.111. The first-order valence-corrected chi connectivity index (χ1v) is 5.05. The van der Waals surface area contributed by atoms with Gasteiger partial charge in [-0.1, -0.05) is 11.6 Å². The minimum atomic E-state index is 0.649. The van der Waals surface area contributed by atoms with Gasteiger partial charge in [-0.25, -0.2) is 4.98 Å². The van der Waals surface area contributed by atoms with Crippen molar-refractivity contribution in [3.8, 4) is 11.4 Å². The van der Waals surface area contributed by atoms with Crippen LogP contribution in [0.2, 0.25) is 5.02 Å². The van der Waals surface area contributed by atoms with Crippen molar-refractivity contribution in [3.63, 3.8) is 0 Å². The summed E-state index contributed by atoms with van der Waals surface area (Å²) in [5, 5.41) is 3.69. The Hall–Kier alpha value is -0.930. The van der Waals surface area contributed by atoms with Crippen molar-refractivity contribution in [1.82, 2.24) is 9.97 Å². The van der Waals surface area contributed by atoms with Crippen molar-refractivity contribution < 1.29 is 0 Å². The van der Waals surface area contributed by atoms with Gasteiger partial charge in [0.2, 0.25) is 0 Å². The monoisotopic (exact) mass is 210 g/mol. The summed E-state index contributed by atoms with van der Waals surface area (Å²) in [6.45, 7) is 1.98. The van der Waals surface area contributed by atoms with Gasteiger partial charge in [0.05, 0.1) is 21.4 Å². The maximum absolute atomic E-state index is 5.72. The van der Waals surface area contributed by atoms with Crippen molar-refractivity contribution in [1.29, 1.82) is 0 Å². The molecule has 13 heavy (non-hydrogen) atoms. The first-order chi connectivity index (χ1) is 6.25. The number of nitrogens with zero attached hydrogens (tertiary/aromatic N) is 2. The molecule has 2 aromatic heterocycles. The van der Waals surface area contributed by atoms with Gasteiger partial charge in [-0.3, -0.25) is 4.98 Å². The standard InChI is InChI=1S/C9H7ClN2S/c1-6-12-9(5-13-6)8-3-2-7(10)4-11-8/h2-5H,1H3. The summed E-state index contributed by atoms with van der Waals surface area (Å²) in [5.41, 5.74) is 1.79. The number of halogens is 1. The Bertz CT molecular complexity index is 408. The molecule has 0 fully saturated rings. The number of pyridine rings is 1. The quantitative estimate of drug-likeness (QED) is 0.723. The summed E-state index contributed by atoms with van der Waals surface area (Å²) in [6.07, 6.45) is 1.63. The molecule has 0 aliphatic carbocycles. The normalized spacial score (nSPS) is 10.3. The predicted octanol–water partition coefficient (Wildman–Crippen LogP) is 3.17. The highest BCUT2D eigenvalue weighted by Crippen LogP contribution is 2.20. The Morgan fingerprint density at radius 3 is 2.69 bits per heavy atom. The molecule has 66 valence electrons. The van der Waals surface area contributed by atoms with Crippen LogP contribution in [0.25, 0.3) is 11.4 Å². The first kappa shape index (κ1) is 8.66. The largest absolute Gasteiger partial charge is 0.253 e. The average molecular weight is 211 g/mol. The zero-order valence-electron chi connectivity index (χ0n) is 6.99. The second kappa shape index (κ2) is 3.44. The molecule has 0 saturated heterocycles. The van der Waals surface area contributed by atoms with E-state index >= 15 is 0 Å². The molecular formula is C9H7ClN2S. The highest BCUT2D eigenvalue weighted by Gasteiger charge is 2.02. The van der Waals surface area contributed by atoms with E-state index in [1.807, 2.05) is 24.4 Å². The summed E-state index contributed by atoms with van der Waals surface area (Å²) in [4.78, 5) is 8.50. The van der Waals surface area contributed by atoms with Gasteiger partial charge in [0.1, 0.15) is 0 Å².